The number of rotatable bonds is 3. The molecule has 0 bridgehead atoms. The molecule has 0 aliphatic heterocycles. The quantitative estimate of drug-likeness (QED) is 0.500. The van der Waals surface area contributed by atoms with Gasteiger partial charge in [0.2, 0.25) is 0 Å². The molecule has 0 saturated carbocycles. The van der Waals surface area contributed by atoms with Crippen molar-refractivity contribution < 1.29 is 25.6 Å². The topological polar surface area (TPSA) is 161 Å². The lowest BCUT2D eigenvalue weighted by Gasteiger charge is -1.90. The van der Waals surface area contributed by atoms with Crippen LogP contribution in [0.5, 0.6) is 0 Å². The van der Waals surface area contributed by atoms with Crippen LogP contribution in [-0.4, -0.2) is 46.6 Å². The van der Waals surface area contributed by atoms with Gasteiger partial charge >= 0.3 is 6.03 Å². The van der Waals surface area contributed by atoms with Gasteiger partial charge in [-0.15, -0.1) is 0 Å². The van der Waals surface area contributed by atoms with E-state index in [-0.39, 0.29) is 5.48 Å². The largest absolute Gasteiger partial charge is 0.412 e. The molecule has 0 saturated heterocycles. The zero-order valence-electron chi connectivity index (χ0n) is 13.8. The monoisotopic (exact) mass is 300 g/mol. The number of primary amides is 2. The predicted molar refractivity (Wildman–Crippen MR) is 83.2 cm³/mol. The summed E-state index contributed by atoms with van der Waals surface area (Å²) in [5.74, 6) is 1.32. The third-order valence-corrected chi connectivity index (χ3v) is 1.10. The number of nitrogens with two attached hydrogens (primary N) is 2. The van der Waals surface area contributed by atoms with Crippen LogP contribution < -0.4 is 11.5 Å². The van der Waals surface area contributed by atoms with Crippen LogP contribution in [0.2, 0.25) is 0 Å². The summed E-state index contributed by atoms with van der Waals surface area (Å²) in [5.41, 5.74) is 8.50. The minimum absolute atomic E-state index is 0. The lowest BCUT2D eigenvalue weighted by Crippen LogP contribution is -2.18. The maximum Gasteiger partial charge on any atom is 0.309 e. The van der Waals surface area contributed by atoms with E-state index in [9.17, 15) is 0 Å². The minimum Gasteiger partial charge on any atom is -0.412 e. The highest BCUT2D eigenvalue weighted by molar-refractivity contribution is 5.69. The molecule has 0 heterocycles. The fraction of sp³-hybridized carbons (Fsp3) is 0.923. The number of carbonyl (C=O) groups is 1. The number of urea groups is 1. The van der Waals surface area contributed by atoms with Gasteiger partial charge in [0.15, 0.2) is 0 Å². The van der Waals surface area contributed by atoms with Crippen molar-refractivity contribution in [2.24, 2.45) is 29.2 Å². The number of hydrogen-bond acceptors (Lipinski definition) is 4. The smallest absolute Gasteiger partial charge is 0.309 e. The zero-order valence-corrected chi connectivity index (χ0v) is 13.8. The minimum atomic E-state index is -0.833. The van der Waals surface area contributed by atoms with Crippen molar-refractivity contribution in [3.05, 3.63) is 0 Å². The standard InChI is InChI=1S/3C4H10O.CH4N2O.H2O/c3*1-4(2)3-5;2-1(3)4;/h3*4-5H,3H2,1-2H3;(H4,2,3,4);1H2. The Kier molecular flexibility index (Phi) is 41.9. The van der Waals surface area contributed by atoms with Crippen LogP contribution in [0, 0.1) is 17.8 Å². The Balaban J connectivity index is -0.0000000494. The van der Waals surface area contributed by atoms with E-state index in [1.807, 2.05) is 41.5 Å². The Bertz CT molecular complexity index is 142. The van der Waals surface area contributed by atoms with Gasteiger partial charge in [-0.2, -0.15) is 0 Å². The van der Waals surface area contributed by atoms with Gasteiger partial charge in [0.25, 0.3) is 0 Å². The van der Waals surface area contributed by atoms with Crippen molar-refractivity contribution in [2.45, 2.75) is 41.5 Å². The number of amides is 2. The molecule has 0 unspecified atom stereocenters. The second-order valence-electron chi connectivity index (χ2n) is 5.13. The van der Waals surface area contributed by atoms with Gasteiger partial charge in [-0.1, -0.05) is 41.5 Å². The van der Waals surface area contributed by atoms with Crippen LogP contribution in [-0.2, 0) is 0 Å². The molecule has 0 fully saturated rings. The highest BCUT2D eigenvalue weighted by Crippen LogP contribution is 1.84. The third kappa shape index (κ3) is 170. The number of aliphatic hydroxyl groups is 3. The summed E-state index contributed by atoms with van der Waals surface area (Å²) in [6.07, 6.45) is 0. The molecule has 9 N–H and O–H groups in total. The normalized spacial score (nSPS) is 8.40. The van der Waals surface area contributed by atoms with Crippen LogP contribution in [0.15, 0.2) is 0 Å². The van der Waals surface area contributed by atoms with Crippen LogP contribution in [0.1, 0.15) is 41.5 Å². The molecule has 0 aromatic heterocycles. The summed E-state index contributed by atoms with van der Waals surface area (Å²) < 4.78 is 0. The first-order chi connectivity index (χ1) is 8.54. The molecule has 0 spiro atoms. The molecule has 7 nitrogen and oxygen atoms in total. The van der Waals surface area contributed by atoms with E-state index in [0.717, 1.165) is 0 Å². The molecule has 128 valence electrons. The summed E-state index contributed by atoms with van der Waals surface area (Å²) in [7, 11) is 0. The molecular formula is C13H36N2O5. The fourth-order valence-electron chi connectivity index (χ4n) is 0. The van der Waals surface area contributed by atoms with Crippen LogP contribution in [0.25, 0.3) is 0 Å². The molecule has 0 radical (unpaired) electrons. The molecule has 0 aliphatic carbocycles. The maximum absolute atomic E-state index is 9.00. The second kappa shape index (κ2) is 26.6. The first-order valence-electron chi connectivity index (χ1n) is 6.42. The molecule has 0 aliphatic rings. The van der Waals surface area contributed by atoms with E-state index in [2.05, 4.69) is 11.5 Å². The lowest BCUT2D eigenvalue weighted by molar-refractivity contribution is 0.248. The summed E-state index contributed by atoms with van der Waals surface area (Å²) in [6, 6.07) is -0.833. The van der Waals surface area contributed by atoms with Crippen LogP contribution in [0.4, 0.5) is 4.79 Å². The van der Waals surface area contributed by atoms with E-state index in [0.29, 0.717) is 37.6 Å². The van der Waals surface area contributed by atoms with Gasteiger partial charge in [-0.05, 0) is 17.8 Å². The van der Waals surface area contributed by atoms with Gasteiger partial charge in [0, 0.05) is 19.8 Å². The molecule has 20 heavy (non-hydrogen) atoms. The molecule has 0 aromatic rings. The third-order valence-electron chi connectivity index (χ3n) is 1.10. The summed E-state index contributed by atoms with van der Waals surface area (Å²) in [6.45, 7) is 12.7. The predicted octanol–water partition coefficient (Wildman–Crippen LogP) is 0.103. The summed E-state index contributed by atoms with van der Waals surface area (Å²) >= 11 is 0. The van der Waals surface area contributed by atoms with Gasteiger partial charge < -0.3 is 32.3 Å². The van der Waals surface area contributed by atoms with Crippen molar-refractivity contribution in [3.63, 3.8) is 0 Å². The van der Waals surface area contributed by atoms with Gasteiger partial charge in [0.05, 0.1) is 0 Å². The molecule has 2 amide bonds. The van der Waals surface area contributed by atoms with E-state index < -0.39 is 6.03 Å². The van der Waals surface area contributed by atoms with E-state index in [1.54, 1.807) is 0 Å². The fourth-order valence-corrected chi connectivity index (χ4v) is 0. The van der Waals surface area contributed by atoms with E-state index in [4.69, 9.17) is 20.1 Å². The Morgan fingerprint density at radius 2 is 0.800 bits per heavy atom. The van der Waals surface area contributed by atoms with Crippen molar-refractivity contribution in [1.82, 2.24) is 0 Å². The Morgan fingerprint density at radius 1 is 0.750 bits per heavy atom. The SMILES string of the molecule is CC(C)CO.CC(C)CO.CC(C)CO.NC(N)=O.O. The molecule has 0 rings (SSSR count). The Morgan fingerprint density at radius 3 is 0.800 bits per heavy atom. The lowest BCUT2D eigenvalue weighted by atomic mass is 10.2. The van der Waals surface area contributed by atoms with Crippen molar-refractivity contribution in [1.29, 1.82) is 0 Å². The Labute approximate surface area is 123 Å². The second-order valence-corrected chi connectivity index (χ2v) is 5.13. The van der Waals surface area contributed by atoms with E-state index in [1.165, 1.54) is 0 Å². The van der Waals surface area contributed by atoms with Gasteiger partial charge in [-0.25, -0.2) is 4.79 Å². The highest BCUT2D eigenvalue weighted by Gasteiger charge is 1.82. The van der Waals surface area contributed by atoms with Gasteiger partial charge in [0.1, 0.15) is 0 Å². The average Bonchev–Trinajstić information content (AvgIpc) is 2.29. The highest BCUT2D eigenvalue weighted by atomic mass is 16.3. The van der Waals surface area contributed by atoms with Gasteiger partial charge in [-0.3, -0.25) is 0 Å². The van der Waals surface area contributed by atoms with Crippen molar-refractivity contribution in [2.75, 3.05) is 19.8 Å². The summed E-state index contributed by atoms with van der Waals surface area (Å²) in [5, 5.41) is 24.4. The number of aliphatic hydroxyl groups excluding tert-OH is 3. The molecule has 0 atom stereocenters. The first-order valence-corrected chi connectivity index (χ1v) is 6.42. The average molecular weight is 300 g/mol. The van der Waals surface area contributed by atoms with Crippen molar-refractivity contribution in [3.8, 4) is 0 Å². The molecule has 7 heteroatoms. The van der Waals surface area contributed by atoms with Crippen molar-refractivity contribution >= 4 is 6.03 Å². The zero-order chi connectivity index (χ0) is 16.4. The Hall–Kier alpha value is -0.890. The first kappa shape index (κ1) is 31.5. The number of carbonyl (C=O) groups excluding carboxylic acids is 1. The van der Waals surface area contributed by atoms with E-state index >= 15 is 0 Å². The van der Waals surface area contributed by atoms with Crippen LogP contribution >= 0.6 is 0 Å². The maximum atomic E-state index is 9.00. The number of hydrogen-bond donors (Lipinski definition) is 5. The van der Waals surface area contributed by atoms with Crippen LogP contribution in [0.3, 0.4) is 0 Å². The molecule has 0 aromatic carbocycles. The summed E-state index contributed by atoms with van der Waals surface area (Å²) in [4.78, 5) is 9.00. The molecular weight excluding hydrogens is 264 g/mol.